The van der Waals surface area contributed by atoms with Gasteiger partial charge in [0.1, 0.15) is 5.82 Å². The Labute approximate surface area is 180 Å². The lowest BCUT2D eigenvalue weighted by Crippen LogP contribution is -2.36. The second-order valence-electron chi connectivity index (χ2n) is 8.14. The summed E-state index contributed by atoms with van der Waals surface area (Å²) >= 11 is 0. The minimum Gasteiger partial charge on any atom is -0.378 e. The van der Waals surface area contributed by atoms with Gasteiger partial charge in [-0.05, 0) is 49.1 Å². The monoisotopic (exact) mass is 423 g/mol. The van der Waals surface area contributed by atoms with Gasteiger partial charge in [-0.3, -0.25) is 0 Å². The van der Waals surface area contributed by atoms with E-state index in [4.69, 9.17) is 4.74 Å². The average molecular weight is 423 g/mol. The summed E-state index contributed by atoms with van der Waals surface area (Å²) in [5, 5.41) is 2.77. The number of pyridine rings is 1. The maximum Gasteiger partial charge on any atom is 0.321 e. The first kappa shape index (κ1) is 19.8. The summed E-state index contributed by atoms with van der Waals surface area (Å²) in [6.07, 6.45) is 7.67. The van der Waals surface area contributed by atoms with Crippen molar-refractivity contribution in [1.29, 1.82) is 0 Å². The number of imidazole rings is 1. The molecule has 2 aliphatic heterocycles. The van der Waals surface area contributed by atoms with Gasteiger partial charge in [-0.25, -0.2) is 14.2 Å². The molecule has 0 unspecified atom stereocenters. The van der Waals surface area contributed by atoms with Gasteiger partial charge in [0.15, 0.2) is 5.65 Å². The molecule has 31 heavy (non-hydrogen) atoms. The van der Waals surface area contributed by atoms with E-state index in [0.29, 0.717) is 26.3 Å². The highest BCUT2D eigenvalue weighted by Crippen LogP contribution is 2.33. The predicted molar refractivity (Wildman–Crippen MR) is 118 cm³/mol. The van der Waals surface area contributed by atoms with Crippen LogP contribution in [0.4, 0.5) is 20.6 Å². The molecule has 0 radical (unpaired) electrons. The van der Waals surface area contributed by atoms with Crippen LogP contribution in [-0.2, 0) is 4.74 Å². The van der Waals surface area contributed by atoms with Crippen molar-refractivity contribution >= 4 is 23.1 Å². The maximum atomic E-state index is 14.7. The Kier molecular flexibility index (Phi) is 5.23. The minimum absolute atomic E-state index is 0.205. The van der Waals surface area contributed by atoms with Crippen LogP contribution in [0.15, 0.2) is 36.8 Å². The van der Waals surface area contributed by atoms with Crippen molar-refractivity contribution in [2.75, 3.05) is 49.6 Å². The molecule has 2 aromatic heterocycles. The molecule has 0 atom stereocenters. The number of aryl methyl sites for hydroxylation is 1. The number of carbonyl (C=O) groups is 1. The van der Waals surface area contributed by atoms with Crippen molar-refractivity contribution in [3.8, 4) is 11.1 Å². The number of nitrogens with zero attached hydrogens (tertiary/aromatic N) is 4. The topological polar surface area (TPSA) is 62.1 Å². The second-order valence-corrected chi connectivity index (χ2v) is 8.14. The van der Waals surface area contributed by atoms with Crippen LogP contribution >= 0.6 is 0 Å². The van der Waals surface area contributed by atoms with Crippen molar-refractivity contribution in [3.05, 3.63) is 48.2 Å². The summed E-state index contributed by atoms with van der Waals surface area (Å²) < 4.78 is 22.2. The Morgan fingerprint density at radius 3 is 2.68 bits per heavy atom. The van der Waals surface area contributed by atoms with Crippen molar-refractivity contribution in [2.24, 2.45) is 0 Å². The summed E-state index contributed by atoms with van der Waals surface area (Å²) in [7, 11) is 0. The zero-order valence-electron chi connectivity index (χ0n) is 17.6. The molecule has 2 fully saturated rings. The number of ether oxygens (including phenoxy) is 1. The number of urea groups is 1. The Balaban J connectivity index is 1.54. The van der Waals surface area contributed by atoms with Crippen LogP contribution in [0.1, 0.15) is 18.4 Å². The highest BCUT2D eigenvalue weighted by Gasteiger charge is 2.21. The lowest BCUT2D eigenvalue weighted by Gasteiger charge is -2.29. The highest BCUT2D eigenvalue weighted by atomic mass is 19.1. The number of anilines is 2. The van der Waals surface area contributed by atoms with Gasteiger partial charge in [0.25, 0.3) is 0 Å². The number of amides is 2. The molecule has 3 aromatic rings. The minimum atomic E-state index is -0.425. The standard InChI is InChI=1S/C23H26FN5O2/c1-16-12-19(24)20(26-23(30)28-5-2-3-6-28)14-18(16)17-13-21(27-8-10-31-11-9-27)22-25-4-7-29(22)15-17/h4,7,12-15H,2-3,5-6,8-11H2,1H3,(H,26,30). The lowest BCUT2D eigenvalue weighted by atomic mass is 10.00. The number of carbonyl (C=O) groups excluding carboxylic acids is 1. The molecular formula is C23H26FN5O2. The molecule has 0 spiro atoms. The molecule has 2 amide bonds. The number of rotatable bonds is 3. The number of likely N-dealkylation sites (tertiary alicyclic amines) is 1. The van der Waals surface area contributed by atoms with Crippen LogP contribution in [0.25, 0.3) is 16.8 Å². The van der Waals surface area contributed by atoms with Gasteiger partial charge < -0.3 is 24.3 Å². The molecule has 0 saturated carbocycles. The Morgan fingerprint density at radius 1 is 1.13 bits per heavy atom. The van der Waals surface area contributed by atoms with Crippen LogP contribution in [-0.4, -0.2) is 59.7 Å². The fourth-order valence-corrected chi connectivity index (χ4v) is 4.39. The third kappa shape index (κ3) is 3.83. The van der Waals surface area contributed by atoms with E-state index in [0.717, 1.165) is 54.0 Å². The number of halogens is 1. The Bertz CT molecular complexity index is 1120. The number of nitrogens with one attached hydrogen (secondary N) is 1. The second kappa shape index (κ2) is 8.19. The van der Waals surface area contributed by atoms with Crippen molar-refractivity contribution < 1.29 is 13.9 Å². The fraction of sp³-hybridized carbons (Fsp3) is 0.391. The smallest absolute Gasteiger partial charge is 0.321 e. The molecule has 0 bridgehead atoms. The molecule has 4 heterocycles. The van der Waals surface area contributed by atoms with Crippen LogP contribution in [0.2, 0.25) is 0 Å². The molecule has 162 valence electrons. The molecular weight excluding hydrogens is 397 g/mol. The van der Waals surface area contributed by atoms with Gasteiger partial charge in [0.05, 0.1) is 24.6 Å². The normalized spacial score (nSPS) is 16.8. The molecule has 1 N–H and O–H groups in total. The van der Waals surface area contributed by atoms with E-state index in [2.05, 4.69) is 21.3 Å². The van der Waals surface area contributed by atoms with Gasteiger partial charge in [0, 0.05) is 50.3 Å². The maximum absolute atomic E-state index is 14.7. The van der Waals surface area contributed by atoms with Gasteiger partial charge in [-0.1, -0.05) is 0 Å². The fourth-order valence-electron chi connectivity index (χ4n) is 4.39. The number of benzene rings is 1. The van der Waals surface area contributed by atoms with Crippen molar-refractivity contribution in [3.63, 3.8) is 0 Å². The average Bonchev–Trinajstić information content (AvgIpc) is 3.47. The molecule has 7 nitrogen and oxygen atoms in total. The van der Waals surface area contributed by atoms with Crippen molar-refractivity contribution in [2.45, 2.75) is 19.8 Å². The van der Waals surface area contributed by atoms with Gasteiger partial charge in [-0.15, -0.1) is 0 Å². The number of hydrogen-bond donors (Lipinski definition) is 1. The summed E-state index contributed by atoms with van der Waals surface area (Å²) in [6, 6.07) is 5.08. The van der Waals surface area contributed by atoms with E-state index in [1.807, 2.05) is 23.7 Å². The van der Waals surface area contributed by atoms with Crippen LogP contribution < -0.4 is 10.2 Å². The van der Waals surface area contributed by atoms with Gasteiger partial charge in [-0.2, -0.15) is 0 Å². The molecule has 2 aliphatic rings. The quantitative estimate of drug-likeness (QED) is 0.694. The zero-order chi connectivity index (χ0) is 21.4. The number of hydrogen-bond acceptors (Lipinski definition) is 4. The van der Waals surface area contributed by atoms with E-state index in [1.165, 1.54) is 6.07 Å². The molecule has 8 heteroatoms. The number of aromatic nitrogens is 2. The van der Waals surface area contributed by atoms with Gasteiger partial charge in [0.2, 0.25) is 0 Å². The van der Waals surface area contributed by atoms with Crippen LogP contribution in [0.5, 0.6) is 0 Å². The molecule has 5 rings (SSSR count). The predicted octanol–water partition coefficient (Wildman–Crippen LogP) is 3.91. The first-order valence-electron chi connectivity index (χ1n) is 10.8. The first-order chi connectivity index (χ1) is 15.1. The number of morpholine rings is 1. The Morgan fingerprint density at radius 2 is 1.90 bits per heavy atom. The largest absolute Gasteiger partial charge is 0.378 e. The lowest BCUT2D eigenvalue weighted by molar-refractivity contribution is 0.123. The van der Waals surface area contributed by atoms with Crippen LogP contribution in [0.3, 0.4) is 0 Å². The molecule has 2 saturated heterocycles. The van der Waals surface area contributed by atoms with Gasteiger partial charge >= 0.3 is 6.03 Å². The van der Waals surface area contributed by atoms with E-state index in [9.17, 15) is 9.18 Å². The van der Waals surface area contributed by atoms with Crippen molar-refractivity contribution in [1.82, 2.24) is 14.3 Å². The molecule has 1 aromatic carbocycles. The molecule has 0 aliphatic carbocycles. The number of fused-ring (bicyclic) bond motifs is 1. The zero-order valence-corrected chi connectivity index (χ0v) is 17.6. The van der Waals surface area contributed by atoms with E-state index in [1.54, 1.807) is 17.2 Å². The Hall–Kier alpha value is -3.13. The third-order valence-corrected chi connectivity index (χ3v) is 6.08. The summed E-state index contributed by atoms with van der Waals surface area (Å²) in [5.41, 5.74) is 4.75. The first-order valence-corrected chi connectivity index (χ1v) is 10.8. The summed E-state index contributed by atoms with van der Waals surface area (Å²) in [4.78, 5) is 21.0. The SMILES string of the molecule is Cc1cc(F)c(NC(=O)N2CCCC2)cc1-c1cc(N2CCOCC2)c2nccn2c1. The van der Waals surface area contributed by atoms with E-state index < -0.39 is 5.82 Å². The van der Waals surface area contributed by atoms with E-state index in [-0.39, 0.29) is 11.7 Å². The summed E-state index contributed by atoms with van der Waals surface area (Å²) in [6.45, 7) is 6.27. The summed E-state index contributed by atoms with van der Waals surface area (Å²) in [5.74, 6) is -0.425. The highest BCUT2D eigenvalue weighted by molar-refractivity contribution is 5.91. The third-order valence-electron chi connectivity index (χ3n) is 6.08. The van der Waals surface area contributed by atoms with E-state index >= 15 is 0 Å². The van der Waals surface area contributed by atoms with Crippen LogP contribution in [0, 0.1) is 12.7 Å².